The highest BCUT2D eigenvalue weighted by molar-refractivity contribution is 7.99. The molecule has 1 heterocycles. The Kier molecular flexibility index (Phi) is 3.89. The van der Waals surface area contributed by atoms with Crippen LogP contribution in [0.4, 0.5) is 4.39 Å². The maximum Gasteiger partial charge on any atom is 0.254 e. The summed E-state index contributed by atoms with van der Waals surface area (Å²) in [6.07, 6.45) is 0. The molecular weight excluding hydrogens is 241 g/mol. The van der Waals surface area contributed by atoms with Crippen LogP contribution >= 0.6 is 11.8 Å². The number of thioether (sulfide) groups is 1. The second kappa shape index (κ2) is 5.40. The highest BCUT2D eigenvalue weighted by Gasteiger charge is 2.19. The molecule has 0 spiro atoms. The maximum atomic E-state index is 13.5. The molecule has 1 aliphatic rings. The first kappa shape index (κ1) is 12.2. The molecule has 17 heavy (non-hydrogen) atoms. The topological polar surface area (TPSA) is 29.5 Å². The van der Waals surface area contributed by atoms with Crippen molar-refractivity contribution in [2.45, 2.75) is 0 Å². The summed E-state index contributed by atoms with van der Waals surface area (Å²) < 4.78 is 18.3. The lowest BCUT2D eigenvalue weighted by atomic mass is 10.2. The molecule has 92 valence electrons. The number of nitrogens with zero attached hydrogens (tertiary/aromatic N) is 1. The van der Waals surface area contributed by atoms with Crippen LogP contribution in [0, 0.1) is 5.82 Å². The van der Waals surface area contributed by atoms with Crippen molar-refractivity contribution in [3.63, 3.8) is 0 Å². The molecule has 0 unspecified atom stereocenters. The number of halogens is 1. The molecule has 1 amide bonds. The predicted octanol–water partition coefficient (Wildman–Crippen LogP) is 2.02. The molecular formula is C12H14FNO2S. The van der Waals surface area contributed by atoms with Crippen LogP contribution in [0.5, 0.6) is 5.75 Å². The second-order valence-corrected chi connectivity index (χ2v) is 4.98. The largest absolute Gasteiger partial charge is 0.494 e. The van der Waals surface area contributed by atoms with Crippen LogP contribution in [0.3, 0.4) is 0 Å². The molecule has 0 saturated carbocycles. The number of methoxy groups -OCH3 is 1. The van der Waals surface area contributed by atoms with E-state index in [0.717, 1.165) is 24.6 Å². The van der Waals surface area contributed by atoms with E-state index in [9.17, 15) is 9.18 Å². The van der Waals surface area contributed by atoms with Crippen LogP contribution in [0.25, 0.3) is 0 Å². The van der Waals surface area contributed by atoms with Crippen LogP contribution in [0.15, 0.2) is 18.2 Å². The maximum absolute atomic E-state index is 13.5. The Hall–Kier alpha value is -1.23. The molecule has 0 bridgehead atoms. The third kappa shape index (κ3) is 2.72. The number of carbonyl (C=O) groups excluding carboxylic acids is 1. The second-order valence-electron chi connectivity index (χ2n) is 3.75. The van der Waals surface area contributed by atoms with E-state index in [1.807, 2.05) is 11.8 Å². The van der Waals surface area contributed by atoms with E-state index in [4.69, 9.17) is 4.74 Å². The Morgan fingerprint density at radius 1 is 1.41 bits per heavy atom. The highest BCUT2D eigenvalue weighted by atomic mass is 32.2. The van der Waals surface area contributed by atoms with Crippen molar-refractivity contribution >= 4 is 17.7 Å². The van der Waals surface area contributed by atoms with Crippen LogP contribution in [-0.4, -0.2) is 42.5 Å². The van der Waals surface area contributed by atoms with Crippen LogP contribution < -0.4 is 4.74 Å². The van der Waals surface area contributed by atoms with Crippen LogP contribution in [-0.2, 0) is 0 Å². The minimum atomic E-state index is -0.496. The monoisotopic (exact) mass is 255 g/mol. The lowest BCUT2D eigenvalue weighted by Crippen LogP contribution is -2.37. The summed E-state index contributed by atoms with van der Waals surface area (Å²) in [6, 6.07) is 4.33. The molecule has 0 aromatic heterocycles. The van der Waals surface area contributed by atoms with Gasteiger partial charge in [-0.3, -0.25) is 4.79 Å². The molecule has 1 fully saturated rings. The summed E-state index contributed by atoms with van der Waals surface area (Å²) in [4.78, 5) is 13.8. The SMILES string of the molecule is COc1ccc(C(=O)N2CCSCC2)cc1F. The minimum absolute atomic E-state index is 0.105. The first-order valence-electron chi connectivity index (χ1n) is 5.43. The molecule has 3 nitrogen and oxygen atoms in total. The molecule has 0 N–H and O–H groups in total. The van der Waals surface area contributed by atoms with Crippen molar-refractivity contribution in [1.29, 1.82) is 0 Å². The van der Waals surface area contributed by atoms with Crippen molar-refractivity contribution < 1.29 is 13.9 Å². The van der Waals surface area contributed by atoms with Gasteiger partial charge in [0.2, 0.25) is 0 Å². The van der Waals surface area contributed by atoms with Gasteiger partial charge in [0.05, 0.1) is 7.11 Å². The normalized spacial score (nSPS) is 15.8. The predicted molar refractivity (Wildman–Crippen MR) is 66.2 cm³/mol. The quantitative estimate of drug-likeness (QED) is 0.809. The molecule has 1 aliphatic heterocycles. The van der Waals surface area contributed by atoms with E-state index in [-0.39, 0.29) is 11.7 Å². The molecule has 1 aromatic rings. The minimum Gasteiger partial charge on any atom is -0.494 e. The summed E-state index contributed by atoms with van der Waals surface area (Å²) in [5.74, 6) is 1.46. The van der Waals surface area contributed by atoms with Gasteiger partial charge >= 0.3 is 0 Å². The number of hydrogen-bond donors (Lipinski definition) is 0. The summed E-state index contributed by atoms with van der Waals surface area (Å²) in [6.45, 7) is 1.47. The number of amides is 1. The smallest absolute Gasteiger partial charge is 0.254 e. The molecule has 5 heteroatoms. The van der Waals surface area contributed by atoms with E-state index < -0.39 is 5.82 Å². The summed E-state index contributed by atoms with van der Waals surface area (Å²) in [5.41, 5.74) is 0.384. The van der Waals surface area contributed by atoms with Gasteiger partial charge in [-0.25, -0.2) is 4.39 Å². The van der Waals surface area contributed by atoms with E-state index in [1.54, 1.807) is 11.0 Å². The van der Waals surface area contributed by atoms with E-state index >= 15 is 0 Å². The lowest BCUT2D eigenvalue weighted by molar-refractivity contribution is 0.0771. The van der Waals surface area contributed by atoms with E-state index in [1.165, 1.54) is 19.2 Å². The van der Waals surface area contributed by atoms with E-state index in [2.05, 4.69) is 0 Å². The van der Waals surface area contributed by atoms with Crippen molar-refractivity contribution in [1.82, 2.24) is 4.90 Å². The Balaban J connectivity index is 2.16. The van der Waals surface area contributed by atoms with Gasteiger partial charge in [0.15, 0.2) is 11.6 Å². The molecule has 1 saturated heterocycles. The lowest BCUT2D eigenvalue weighted by Gasteiger charge is -2.26. The van der Waals surface area contributed by atoms with Crippen molar-refractivity contribution in [2.75, 3.05) is 31.7 Å². The Morgan fingerprint density at radius 3 is 2.71 bits per heavy atom. The first-order chi connectivity index (χ1) is 8.22. The fraction of sp³-hybridized carbons (Fsp3) is 0.417. The Bertz CT molecular complexity index is 419. The van der Waals surface area contributed by atoms with Gasteiger partial charge < -0.3 is 9.64 Å². The van der Waals surface area contributed by atoms with Gasteiger partial charge in [-0.2, -0.15) is 11.8 Å². The average Bonchev–Trinajstić information content (AvgIpc) is 2.39. The van der Waals surface area contributed by atoms with Gasteiger partial charge in [0.1, 0.15) is 0 Å². The molecule has 0 atom stereocenters. The zero-order valence-electron chi connectivity index (χ0n) is 9.61. The number of rotatable bonds is 2. The Morgan fingerprint density at radius 2 is 2.12 bits per heavy atom. The number of carbonyl (C=O) groups is 1. The van der Waals surface area contributed by atoms with Crippen LogP contribution in [0.1, 0.15) is 10.4 Å². The van der Waals surface area contributed by atoms with Gasteiger partial charge in [-0.1, -0.05) is 0 Å². The number of ether oxygens (including phenoxy) is 1. The van der Waals surface area contributed by atoms with Gasteiger partial charge in [-0.05, 0) is 18.2 Å². The average molecular weight is 255 g/mol. The highest BCUT2D eigenvalue weighted by Crippen LogP contribution is 2.19. The van der Waals surface area contributed by atoms with Gasteiger partial charge in [-0.15, -0.1) is 0 Å². The molecule has 2 rings (SSSR count). The number of benzene rings is 1. The van der Waals surface area contributed by atoms with Crippen molar-refractivity contribution in [3.05, 3.63) is 29.6 Å². The summed E-state index contributed by atoms with van der Waals surface area (Å²) in [5, 5.41) is 0. The molecule has 0 aliphatic carbocycles. The van der Waals surface area contributed by atoms with Crippen LogP contribution in [0.2, 0.25) is 0 Å². The zero-order chi connectivity index (χ0) is 12.3. The van der Waals surface area contributed by atoms with E-state index in [0.29, 0.717) is 5.56 Å². The number of hydrogen-bond acceptors (Lipinski definition) is 3. The summed E-state index contributed by atoms with van der Waals surface area (Å²) in [7, 11) is 1.40. The standard InChI is InChI=1S/C12H14FNO2S/c1-16-11-3-2-9(8-10(11)13)12(15)14-4-6-17-7-5-14/h2-3,8H,4-7H2,1H3. The van der Waals surface area contributed by atoms with Gasteiger partial charge in [0, 0.05) is 30.2 Å². The third-order valence-corrected chi connectivity index (χ3v) is 3.64. The zero-order valence-corrected chi connectivity index (χ0v) is 10.4. The first-order valence-corrected chi connectivity index (χ1v) is 6.58. The Labute approximate surface area is 104 Å². The third-order valence-electron chi connectivity index (χ3n) is 2.70. The van der Waals surface area contributed by atoms with Crippen molar-refractivity contribution in [2.24, 2.45) is 0 Å². The van der Waals surface area contributed by atoms with Crippen molar-refractivity contribution in [3.8, 4) is 5.75 Å². The molecule has 0 radical (unpaired) electrons. The molecule has 1 aromatic carbocycles. The fourth-order valence-corrected chi connectivity index (χ4v) is 2.65. The van der Waals surface area contributed by atoms with Gasteiger partial charge in [0.25, 0.3) is 5.91 Å². The summed E-state index contributed by atoms with van der Waals surface area (Å²) >= 11 is 1.83. The fourth-order valence-electron chi connectivity index (χ4n) is 1.75.